The molecule has 2 fully saturated rings. The van der Waals surface area contributed by atoms with Gasteiger partial charge in [-0.25, -0.2) is 4.98 Å². The van der Waals surface area contributed by atoms with Crippen molar-refractivity contribution in [3.05, 3.63) is 42.1 Å². The van der Waals surface area contributed by atoms with Crippen LogP contribution in [-0.2, 0) is 11.8 Å². The van der Waals surface area contributed by atoms with E-state index in [9.17, 15) is 9.59 Å². The van der Waals surface area contributed by atoms with Crippen LogP contribution < -0.4 is 20.8 Å². The highest BCUT2D eigenvalue weighted by Gasteiger charge is 2.30. The molecule has 1 aromatic carbocycles. The molecule has 1 saturated carbocycles. The zero-order valence-corrected chi connectivity index (χ0v) is 21.9. The van der Waals surface area contributed by atoms with Gasteiger partial charge in [-0.15, -0.1) is 0 Å². The third kappa shape index (κ3) is 5.00. The minimum atomic E-state index is -0.152. The van der Waals surface area contributed by atoms with Crippen LogP contribution in [0, 0.1) is 5.92 Å². The van der Waals surface area contributed by atoms with Crippen molar-refractivity contribution in [1.82, 2.24) is 14.8 Å². The van der Waals surface area contributed by atoms with Gasteiger partial charge in [0.2, 0.25) is 5.91 Å². The van der Waals surface area contributed by atoms with E-state index in [1.807, 2.05) is 36.9 Å². The summed E-state index contributed by atoms with van der Waals surface area (Å²) in [5.41, 5.74) is 4.84. The summed E-state index contributed by atoms with van der Waals surface area (Å²) in [4.78, 5) is 29.3. The first-order chi connectivity index (χ1) is 17.5. The molecule has 0 radical (unpaired) electrons. The number of hydrogen-bond acceptors (Lipinski definition) is 6. The maximum atomic E-state index is 12.7. The lowest BCUT2D eigenvalue weighted by Crippen LogP contribution is -2.15. The minimum absolute atomic E-state index is 0.0301. The molecule has 0 spiro atoms. The van der Waals surface area contributed by atoms with Gasteiger partial charge < -0.3 is 15.4 Å². The zero-order valence-electron chi connectivity index (χ0n) is 21.0. The monoisotopic (exact) mass is 505 g/mol. The summed E-state index contributed by atoms with van der Waals surface area (Å²) in [7, 11) is 3.51. The van der Waals surface area contributed by atoms with E-state index in [1.165, 1.54) is 36.8 Å². The predicted octanol–water partition coefficient (Wildman–Crippen LogP) is 5.08. The Morgan fingerprint density at radius 3 is 2.64 bits per heavy atom. The standard InChI is InChI=1S/C27H32N5O3P/c1-4-23(33)19-16-28-24(30-27(34)17-10-11-17)14-21(19)29-20-9-7-8-18(26(20)35-3)22-15-25(32(2)31-22)36-12-5-6-13-36/h7-9,14-17H,4-6,10-13H2,1-3H3,(H2,28,29,30,34). The highest BCUT2D eigenvalue weighted by molar-refractivity contribution is 7.65. The maximum absolute atomic E-state index is 12.7. The van der Waals surface area contributed by atoms with Gasteiger partial charge in [0.05, 0.1) is 35.2 Å². The van der Waals surface area contributed by atoms with Crippen molar-refractivity contribution in [1.29, 1.82) is 0 Å². The van der Waals surface area contributed by atoms with Gasteiger partial charge in [-0.2, -0.15) is 5.10 Å². The highest BCUT2D eigenvalue weighted by Crippen LogP contribution is 2.44. The molecule has 0 atom stereocenters. The Bertz CT molecular complexity index is 1290. The van der Waals surface area contributed by atoms with Crippen molar-refractivity contribution >= 4 is 42.2 Å². The second kappa shape index (κ2) is 10.4. The Kier molecular flexibility index (Phi) is 7.06. The third-order valence-electron chi connectivity index (χ3n) is 6.77. The molecule has 1 saturated heterocycles. The normalized spacial score (nSPS) is 15.6. The van der Waals surface area contributed by atoms with Crippen LogP contribution in [0.25, 0.3) is 11.3 Å². The van der Waals surface area contributed by atoms with E-state index in [1.54, 1.807) is 13.2 Å². The SMILES string of the molecule is CCC(=O)c1cnc(NC(=O)C2CC2)cc1Nc1cccc(-c2cc(P3CCCC3)n(C)n2)c1OC. The number of carbonyl (C=O) groups excluding carboxylic acids is 2. The number of nitrogens with one attached hydrogen (secondary N) is 2. The van der Waals surface area contributed by atoms with Gasteiger partial charge >= 0.3 is 0 Å². The zero-order chi connectivity index (χ0) is 25.2. The van der Waals surface area contributed by atoms with Crippen molar-refractivity contribution in [3.8, 4) is 17.0 Å². The second-order valence-electron chi connectivity index (χ2n) is 9.37. The van der Waals surface area contributed by atoms with Crippen molar-refractivity contribution < 1.29 is 14.3 Å². The number of anilines is 3. The number of aryl methyl sites for hydroxylation is 1. The third-order valence-corrected chi connectivity index (χ3v) is 9.55. The van der Waals surface area contributed by atoms with Crippen LogP contribution in [0.1, 0.15) is 49.4 Å². The van der Waals surface area contributed by atoms with Crippen molar-refractivity contribution in [2.75, 3.05) is 30.1 Å². The van der Waals surface area contributed by atoms with E-state index in [-0.39, 0.29) is 25.5 Å². The van der Waals surface area contributed by atoms with Crippen LogP contribution in [0.2, 0.25) is 0 Å². The van der Waals surface area contributed by atoms with Crippen molar-refractivity contribution in [3.63, 3.8) is 0 Å². The number of methoxy groups -OCH3 is 1. The van der Waals surface area contributed by atoms with Crippen LogP contribution in [-0.4, -0.2) is 45.9 Å². The van der Waals surface area contributed by atoms with E-state index < -0.39 is 0 Å². The number of amides is 1. The van der Waals surface area contributed by atoms with Crippen LogP contribution in [0.5, 0.6) is 5.75 Å². The number of nitrogens with zero attached hydrogens (tertiary/aromatic N) is 3. The molecular weight excluding hydrogens is 473 g/mol. The summed E-state index contributed by atoms with van der Waals surface area (Å²) in [5, 5.41) is 11.1. The Morgan fingerprint density at radius 2 is 1.94 bits per heavy atom. The molecular formula is C27H32N5O3P. The Morgan fingerprint density at radius 1 is 1.17 bits per heavy atom. The van der Waals surface area contributed by atoms with Crippen LogP contribution in [0.15, 0.2) is 36.5 Å². The lowest BCUT2D eigenvalue weighted by molar-refractivity contribution is -0.117. The van der Waals surface area contributed by atoms with E-state index in [0.29, 0.717) is 34.9 Å². The number of benzene rings is 1. The average Bonchev–Trinajstić information content (AvgIpc) is 3.46. The van der Waals surface area contributed by atoms with E-state index in [0.717, 1.165) is 24.1 Å². The largest absolute Gasteiger partial charge is 0.494 e. The molecule has 2 N–H and O–H groups in total. The fraction of sp³-hybridized carbons (Fsp3) is 0.407. The van der Waals surface area contributed by atoms with Gasteiger partial charge in [0.1, 0.15) is 5.82 Å². The van der Waals surface area contributed by atoms with Crippen molar-refractivity contribution in [2.45, 2.75) is 39.0 Å². The quantitative estimate of drug-likeness (QED) is 0.311. The molecule has 188 valence electrons. The number of rotatable bonds is 9. The van der Waals surface area contributed by atoms with Gasteiger partial charge in [0.15, 0.2) is 11.5 Å². The molecule has 8 nitrogen and oxygen atoms in total. The van der Waals surface area contributed by atoms with E-state index >= 15 is 0 Å². The molecule has 3 heterocycles. The lowest BCUT2D eigenvalue weighted by Gasteiger charge is -2.17. The summed E-state index contributed by atoms with van der Waals surface area (Å²) < 4.78 is 7.88. The number of Topliss-reactive ketones (excluding diaryl/α,β-unsaturated/α-hetero) is 1. The molecule has 3 aromatic rings. The summed E-state index contributed by atoms with van der Waals surface area (Å²) >= 11 is 0. The maximum Gasteiger partial charge on any atom is 0.228 e. The van der Waals surface area contributed by atoms with Crippen molar-refractivity contribution in [2.24, 2.45) is 13.0 Å². The molecule has 1 amide bonds. The summed E-state index contributed by atoms with van der Waals surface area (Å²) in [5.74, 6) is 1.07. The molecule has 1 aliphatic heterocycles. The first-order valence-electron chi connectivity index (χ1n) is 12.6. The molecule has 36 heavy (non-hydrogen) atoms. The first kappa shape index (κ1) is 24.4. The fourth-order valence-corrected chi connectivity index (χ4v) is 7.30. The molecule has 5 rings (SSSR count). The lowest BCUT2D eigenvalue weighted by atomic mass is 10.1. The van der Waals surface area contributed by atoms with E-state index in [2.05, 4.69) is 21.7 Å². The molecule has 0 bridgehead atoms. The number of pyridine rings is 1. The topological polar surface area (TPSA) is 98.1 Å². The predicted molar refractivity (Wildman–Crippen MR) is 144 cm³/mol. The molecule has 2 aliphatic rings. The fourth-order valence-electron chi connectivity index (χ4n) is 4.65. The number of ether oxygens (including phenoxy) is 1. The molecule has 0 unspecified atom stereocenters. The van der Waals surface area contributed by atoms with Gasteiger partial charge in [-0.1, -0.05) is 20.9 Å². The number of aromatic nitrogens is 3. The van der Waals surface area contributed by atoms with Gasteiger partial charge in [0.25, 0.3) is 0 Å². The number of carbonyl (C=O) groups is 2. The van der Waals surface area contributed by atoms with Gasteiger partial charge in [-0.05, 0) is 56.2 Å². The summed E-state index contributed by atoms with van der Waals surface area (Å²) in [6, 6.07) is 9.79. The second-order valence-corrected chi connectivity index (χ2v) is 11.8. The minimum Gasteiger partial charge on any atom is -0.494 e. The summed E-state index contributed by atoms with van der Waals surface area (Å²) in [6.45, 7) is 1.82. The van der Waals surface area contributed by atoms with Crippen LogP contribution >= 0.6 is 7.92 Å². The molecule has 1 aliphatic carbocycles. The van der Waals surface area contributed by atoms with Crippen LogP contribution in [0.4, 0.5) is 17.2 Å². The smallest absolute Gasteiger partial charge is 0.228 e. The van der Waals surface area contributed by atoms with Gasteiger partial charge in [0, 0.05) is 37.2 Å². The number of para-hydroxylation sites is 1. The Hall–Kier alpha value is -3.25. The Balaban J connectivity index is 1.49. The Labute approximate surface area is 212 Å². The first-order valence-corrected chi connectivity index (χ1v) is 14.3. The number of ketones is 1. The summed E-state index contributed by atoms with van der Waals surface area (Å²) in [6.07, 6.45) is 8.81. The highest BCUT2D eigenvalue weighted by atomic mass is 31.1. The average molecular weight is 506 g/mol. The molecule has 2 aromatic heterocycles. The van der Waals surface area contributed by atoms with Crippen LogP contribution in [0.3, 0.4) is 0 Å². The van der Waals surface area contributed by atoms with E-state index in [4.69, 9.17) is 9.84 Å². The van der Waals surface area contributed by atoms with Gasteiger partial charge in [-0.3, -0.25) is 14.3 Å². The number of hydrogen-bond donors (Lipinski definition) is 2. The molecule has 9 heteroatoms.